The monoisotopic (exact) mass is 305 g/mol. The average Bonchev–Trinajstić information content (AvgIpc) is 2.61. The summed E-state index contributed by atoms with van der Waals surface area (Å²) in [5.74, 6) is 0.811. The molecule has 6 nitrogen and oxygen atoms in total. The van der Waals surface area contributed by atoms with Crippen molar-refractivity contribution in [3.63, 3.8) is 0 Å². The molecule has 0 radical (unpaired) electrons. The standard InChI is InChI=1S/C16H23N3O3/c20-16(19-6-9-21-10-7-19)13-4-5-15(17-11-13)18-12-14-3-1-2-8-22-14/h4-5,11,14H,1-3,6-10,12H2,(H,17,18). The molecule has 2 aliphatic heterocycles. The molecule has 0 aliphatic carbocycles. The Morgan fingerprint density at radius 2 is 2.14 bits per heavy atom. The molecule has 0 bridgehead atoms. The SMILES string of the molecule is O=C(c1ccc(NCC2CCCCO2)nc1)N1CCOCC1. The summed E-state index contributed by atoms with van der Waals surface area (Å²) in [6.07, 6.45) is 5.40. The van der Waals surface area contributed by atoms with Gasteiger partial charge < -0.3 is 19.7 Å². The smallest absolute Gasteiger partial charge is 0.255 e. The molecule has 1 aromatic heterocycles. The number of hydrogen-bond donors (Lipinski definition) is 1. The summed E-state index contributed by atoms with van der Waals surface area (Å²) in [6, 6.07) is 3.69. The predicted molar refractivity (Wildman–Crippen MR) is 83.0 cm³/mol. The van der Waals surface area contributed by atoms with Gasteiger partial charge in [-0.15, -0.1) is 0 Å². The minimum absolute atomic E-state index is 0.0259. The Bertz CT molecular complexity index is 480. The van der Waals surface area contributed by atoms with E-state index in [1.807, 2.05) is 17.0 Å². The van der Waals surface area contributed by atoms with Crippen LogP contribution < -0.4 is 5.32 Å². The number of aromatic nitrogens is 1. The van der Waals surface area contributed by atoms with E-state index in [0.29, 0.717) is 31.9 Å². The summed E-state index contributed by atoms with van der Waals surface area (Å²) >= 11 is 0. The number of ether oxygens (including phenoxy) is 2. The van der Waals surface area contributed by atoms with Gasteiger partial charge in [-0.05, 0) is 31.4 Å². The lowest BCUT2D eigenvalue weighted by Crippen LogP contribution is -2.40. The zero-order chi connectivity index (χ0) is 15.2. The summed E-state index contributed by atoms with van der Waals surface area (Å²) in [6.45, 7) is 4.15. The maximum absolute atomic E-state index is 12.3. The van der Waals surface area contributed by atoms with Crippen molar-refractivity contribution in [2.45, 2.75) is 25.4 Å². The number of carbonyl (C=O) groups is 1. The number of nitrogens with zero attached hydrogens (tertiary/aromatic N) is 2. The maximum Gasteiger partial charge on any atom is 0.255 e. The van der Waals surface area contributed by atoms with Gasteiger partial charge in [-0.3, -0.25) is 4.79 Å². The molecule has 22 heavy (non-hydrogen) atoms. The van der Waals surface area contributed by atoms with E-state index in [-0.39, 0.29) is 12.0 Å². The fourth-order valence-electron chi connectivity index (χ4n) is 2.76. The van der Waals surface area contributed by atoms with E-state index >= 15 is 0 Å². The lowest BCUT2D eigenvalue weighted by molar-refractivity contribution is 0.0247. The largest absolute Gasteiger partial charge is 0.378 e. The number of nitrogens with one attached hydrogen (secondary N) is 1. The van der Waals surface area contributed by atoms with E-state index in [2.05, 4.69) is 10.3 Å². The first-order valence-corrected chi connectivity index (χ1v) is 8.01. The number of carbonyl (C=O) groups excluding carboxylic acids is 1. The summed E-state index contributed by atoms with van der Waals surface area (Å²) in [5.41, 5.74) is 0.626. The molecule has 1 atom stereocenters. The Balaban J connectivity index is 1.51. The van der Waals surface area contributed by atoms with Crippen LogP contribution in [-0.2, 0) is 9.47 Å². The zero-order valence-electron chi connectivity index (χ0n) is 12.8. The van der Waals surface area contributed by atoms with Gasteiger partial charge in [0.15, 0.2) is 0 Å². The van der Waals surface area contributed by atoms with Gasteiger partial charge in [0, 0.05) is 32.4 Å². The van der Waals surface area contributed by atoms with Crippen LogP contribution in [0.25, 0.3) is 0 Å². The van der Waals surface area contributed by atoms with E-state index in [0.717, 1.165) is 31.8 Å². The van der Waals surface area contributed by atoms with Crippen molar-refractivity contribution in [1.29, 1.82) is 0 Å². The second kappa shape index (κ2) is 7.56. The summed E-state index contributed by atoms with van der Waals surface area (Å²) in [5, 5.41) is 3.28. The van der Waals surface area contributed by atoms with Crippen LogP contribution in [0.5, 0.6) is 0 Å². The highest BCUT2D eigenvalue weighted by Crippen LogP contribution is 2.14. The van der Waals surface area contributed by atoms with E-state index in [9.17, 15) is 4.79 Å². The first-order chi connectivity index (χ1) is 10.8. The number of pyridine rings is 1. The number of amides is 1. The third-order valence-corrected chi connectivity index (χ3v) is 4.09. The molecular weight excluding hydrogens is 282 g/mol. The molecule has 6 heteroatoms. The van der Waals surface area contributed by atoms with Gasteiger partial charge in [-0.2, -0.15) is 0 Å². The molecule has 0 aromatic carbocycles. The molecule has 3 heterocycles. The van der Waals surface area contributed by atoms with Crippen molar-refractivity contribution in [2.24, 2.45) is 0 Å². The summed E-state index contributed by atoms with van der Waals surface area (Å²) in [7, 11) is 0. The van der Waals surface area contributed by atoms with Crippen molar-refractivity contribution >= 4 is 11.7 Å². The van der Waals surface area contributed by atoms with Gasteiger partial charge in [0.1, 0.15) is 5.82 Å². The third kappa shape index (κ3) is 3.96. The Morgan fingerprint density at radius 3 is 2.82 bits per heavy atom. The summed E-state index contributed by atoms with van der Waals surface area (Å²) < 4.78 is 10.9. The second-order valence-electron chi connectivity index (χ2n) is 5.71. The predicted octanol–water partition coefficient (Wildman–Crippen LogP) is 1.53. The molecule has 0 saturated carbocycles. The minimum atomic E-state index is 0.0259. The van der Waals surface area contributed by atoms with Gasteiger partial charge in [0.05, 0.1) is 24.9 Å². The van der Waals surface area contributed by atoms with Crippen LogP contribution in [-0.4, -0.2) is 61.3 Å². The van der Waals surface area contributed by atoms with Crippen LogP contribution in [0.3, 0.4) is 0 Å². The van der Waals surface area contributed by atoms with Crippen LogP contribution in [0.4, 0.5) is 5.82 Å². The number of hydrogen-bond acceptors (Lipinski definition) is 5. The lowest BCUT2D eigenvalue weighted by atomic mass is 10.1. The Kier molecular flexibility index (Phi) is 5.24. The molecule has 1 aromatic rings. The topological polar surface area (TPSA) is 63.7 Å². The Hall–Kier alpha value is -1.66. The van der Waals surface area contributed by atoms with E-state index in [1.165, 1.54) is 6.42 Å². The molecule has 1 unspecified atom stereocenters. The van der Waals surface area contributed by atoms with Crippen LogP contribution in [0, 0.1) is 0 Å². The van der Waals surface area contributed by atoms with Crippen molar-refractivity contribution in [3.05, 3.63) is 23.9 Å². The summed E-state index contributed by atoms with van der Waals surface area (Å²) in [4.78, 5) is 18.4. The van der Waals surface area contributed by atoms with Gasteiger partial charge in [0.25, 0.3) is 5.91 Å². The van der Waals surface area contributed by atoms with Crippen LogP contribution in [0.15, 0.2) is 18.3 Å². The quantitative estimate of drug-likeness (QED) is 0.914. The fourth-order valence-corrected chi connectivity index (χ4v) is 2.76. The van der Waals surface area contributed by atoms with Gasteiger partial charge >= 0.3 is 0 Å². The molecule has 2 fully saturated rings. The number of morpholine rings is 1. The van der Waals surface area contributed by atoms with E-state index in [4.69, 9.17) is 9.47 Å². The van der Waals surface area contributed by atoms with Crippen LogP contribution in [0.1, 0.15) is 29.6 Å². The fraction of sp³-hybridized carbons (Fsp3) is 0.625. The van der Waals surface area contributed by atoms with Gasteiger partial charge in [0.2, 0.25) is 0 Å². The minimum Gasteiger partial charge on any atom is -0.378 e. The number of rotatable bonds is 4. The molecule has 3 rings (SSSR count). The van der Waals surface area contributed by atoms with E-state index < -0.39 is 0 Å². The van der Waals surface area contributed by atoms with Crippen molar-refractivity contribution < 1.29 is 14.3 Å². The Labute approximate surface area is 130 Å². The van der Waals surface area contributed by atoms with Crippen molar-refractivity contribution in [2.75, 3.05) is 44.8 Å². The van der Waals surface area contributed by atoms with Crippen LogP contribution in [0.2, 0.25) is 0 Å². The first kappa shape index (κ1) is 15.2. The highest BCUT2D eigenvalue weighted by molar-refractivity contribution is 5.94. The highest BCUT2D eigenvalue weighted by Gasteiger charge is 2.19. The number of anilines is 1. The maximum atomic E-state index is 12.3. The van der Waals surface area contributed by atoms with Gasteiger partial charge in [-0.25, -0.2) is 4.98 Å². The molecular formula is C16H23N3O3. The Morgan fingerprint density at radius 1 is 1.27 bits per heavy atom. The van der Waals surface area contributed by atoms with Crippen LogP contribution >= 0.6 is 0 Å². The highest BCUT2D eigenvalue weighted by atomic mass is 16.5. The van der Waals surface area contributed by atoms with E-state index in [1.54, 1.807) is 6.20 Å². The third-order valence-electron chi connectivity index (χ3n) is 4.09. The molecule has 2 saturated heterocycles. The van der Waals surface area contributed by atoms with Crippen molar-refractivity contribution in [1.82, 2.24) is 9.88 Å². The average molecular weight is 305 g/mol. The lowest BCUT2D eigenvalue weighted by Gasteiger charge is -2.26. The molecule has 1 N–H and O–H groups in total. The second-order valence-corrected chi connectivity index (χ2v) is 5.71. The molecule has 120 valence electrons. The molecule has 2 aliphatic rings. The van der Waals surface area contributed by atoms with Crippen molar-refractivity contribution in [3.8, 4) is 0 Å². The zero-order valence-corrected chi connectivity index (χ0v) is 12.8. The molecule has 0 spiro atoms. The first-order valence-electron chi connectivity index (χ1n) is 8.01. The van der Waals surface area contributed by atoms with Gasteiger partial charge in [-0.1, -0.05) is 0 Å². The normalized spacial score (nSPS) is 22.4. The molecule has 1 amide bonds.